The van der Waals surface area contributed by atoms with Gasteiger partial charge in [0.1, 0.15) is 30.1 Å². The van der Waals surface area contributed by atoms with Crippen LogP contribution in [0.5, 0.6) is 5.75 Å². The third kappa shape index (κ3) is 5.78. The number of para-hydroxylation sites is 1. The molecule has 0 bridgehead atoms. The molecule has 0 radical (unpaired) electrons. The summed E-state index contributed by atoms with van der Waals surface area (Å²) < 4.78 is 22.1. The van der Waals surface area contributed by atoms with Crippen LogP contribution in [0.4, 0.5) is 0 Å². The number of rotatable bonds is 9. The maximum atomic E-state index is 12.4. The van der Waals surface area contributed by atoms with Crippen LogP contribution in [0.15, 0.2) is 18.2 Å². The molecule has 1 fully saturated rings. The van der Waals surface area contributed by atoms with Gasteiger partial charge in [-0.25, -0.2) is 4.79 Å². The number of phenolic OH excluding ortho intramolecular Hbond substituents is 1. The number of carbonyl (C=O) groups is 3. The Bertz CT molecular complexity index is 787. The van der Waals surface area contributed by atoms with Crippen LogP contribution in [0, 0.1) is 0 Å². The average Bonchev–Trinajstić information content (AvgIpc) is 2.98. The normalized spacial score (nSPS) is 21.1. The van der Waals surface area contributed by atoms with Gasteiger partial charge in [0.05, 0.1) is 12.2 Å². The van der Waals surface area contributed by atoms with Gasteiger partial charge in [-0.1, -0.05) is 13.0 Å². The van der Waals surface area contributed by atoms with Crippen molar-refractivity contribution in [2.75, 3.05) is 13.2 Å². The molecule has 166 valence electrons. The molecule has 0 unspecified atom stereocenters. The van der Waals surface area contributed by atoms with Crippen LogP contribution < -0.4 is 0 Å². The Hall–Kier alpha value is -2.49. The summed E-state index contributed by atoms with van der Waals surface area (Å²) in [5.74, 6) is -3.24. The molecule has 1 aromatic rings. The van der Waals surface area contributed by atoms with Gasteiger partial charge in [-0.05, 0) is 39.3 Å². The molecule has 3 atom stereocenters. The lowest BCUT2D eigenvalue weighted by Gasteiger charge is -2.25. The first kappa shape index (κ1) is 23.8. The monoisotopic (exact) mass is 424 g/mol. The van der Waals surface area contributed by atoms with Gasteiger partial charge in [0.15, 0.2) is 17.7 Å². The molecule has 0 aromatic heterocycles. The molecule has 9 heteroatoms. The van der Waals surface area contributed by atoms with Crippen LogP contribution in [0.2, 0.25) is 0 Å². The molecule has 0 amide bonds. The van der Waals surface area contributed by atoms with Crippen LogP contribution in [-0.2, 0) is 23.7 Å². The summed E-state index contributed by atoms with van der Waals surface area (Å²) in [5.41, 5.74) is -0.155. The first-order valence-electron chi connectivity index (χ1n) is 9.75. The number of carbonyl (C=O) groups excluding carboxylic acids is 3. The lowest BCUT2D eigenvalue weighted by Crippen LogP contribution is -2.43. The van der Waals surface area contributed by atoms with Gasteiger partial charge in [0.2, 0.25) is 0 Å². The van der Waals surface area contributed by atoms with Crippen LogP contribution in [0.3, 0.4) is 0 Å². The highest BCUT2D eigenvalue weighted by Crippen LogP contribution is 2.32. The molecular formula is C21H28O9. The van der Waals surface area contributed by atoms with Crippen LogP contribution >= 0.6 is 0 Å². The molecule has 0 spiro atoms. The topological polar surface area (TPSA) is 129 Å². The van der Waals surface area contributed by atoms with Gasteiger partial charge in [0, 0.05) is 6.42 Å². The van der Waals surface area contributed by atoms with E-state index in [1.54, 1.807) is 13.8 Å². The predicted molar refractivity (Wildman–Crippen MR) is 104 cm³/mol. The summed E-state index contributed by atoms with van der Waals surface area (Å²) in [6.45, 7) is 5.62. The zero-order valence-corrected chi connectivity index (χ0v) is 17.5. The largest absolute Gasteiger partial charge is 0.506 e. The SMILES string of the molecule is CCCC(=O)O[C@H](CO)[C@@H]1OC(C)(C)O[C@H]1COC(=O)c1cccc(C(C)=O)c1O. The Kier molecular flexibility index (Phi) is 7.94. The van der Waals surface area contributed by atoms with E-state index < -0.39 is 54.2 Å². The summed E-state index contributed by atoms with van der Waals surface area (Å²) in [5, 5.41) is 19.8. The number of benzene rings is 1. The van der Waals surface area contributed by atoms with Crippen molar-refractivity contribution in [3.8, 4) is 5.75 Å². The standard InChI is InChI=1S/C21H28O9/c1-5-7-17(24)28-15(10-22)19-16(29-21(3,4)30-19)11-27-20(26)14-9-6-8-13(12(2)23)18(14)25/h6,8-9,15-16,19,22,25H,5,7,10-11H2,1-4H3/t15-,16+,19+/m1/s1. The molecule has 2 N–H and O–H groups in total. The lowest BCUT2D eigenvalue weighted by molar-refractivity contribution is -0.174. The number of aliphatic hydroxyl groups is 1. The summed E-state index contributed by atoms with van der Waals surface area (Å²) in [7, 11) is 0. The van der Waals surface area contributed by atoms with Crippen LogP contribution in [-0.4, -0.2) is 65.2 Å². The quantitative estimate of drug-likeness (QED) is 0.451. The first-order valence-corrected chi connectivity index (χ1v) is 9.75. The second-order valence-electron chi connectivity index (χ2n) is 7.46. The van der Waals surface area contributed by atoms with Gasteiger partial charge in [-0.3, -0.25) is 9.59 Å². The van der Waals surface area contributed by atoms with Crippen LogP contribution in [0.25, 0.3) is 0 Å². The van der Waals surface area contributed by atoms with Crippen molar-refractivity contribution >= 4 is 17.7 Å². The zero-order valence-electron chi connectivity index (χ0n) is 17.5. The Morgan fingerprint density at radius 1 is 1.20 bits per heavy atom. The molecular weight excluding hydrogens is 396 g/mol. The van der Waals surface area contributed by atoms with Crippen molar-refractivity contribution in [2.45, 2.75) is 64.6 Å². The highest BCUT2D eigenvalue weighted by molar-refractivity contribution is 6.02. The minimum absolute atomic E-state index is 0.00657. The van der Waals surface area contributed by atoms with E-state index in [2.05, 4.69) is 0 Å². The molecule has 1 saturated heterocycles. The van der Waals surface area contributed by atoms with Crippen molar-refractivity contribution < 1.29 is 43.5 Å². The fraction of sp³-hybridized carbons (Fsp3) is 0.571. The summed E-state index contributed by atoms with van der Waals surface area (Å²) in [6.07, 6.45) is -1.90. The van der Waals surface area contributed by atoms with E-state index in [0.717, 1.165) is 0 Å². The number of ether oxygens (including phenoxy) is 4. The van der Waals surface area contributed by atoms with E-state index in [1.807, 2.05) is 6.92 Å². The third-order valence-electron chi connectivity index (χ3n) is 4.52. The van der Waals surface area contributed by atoms with E-state index >= 15 is 0 Å². The Balaban J connectivity index is 2.11. The highest BCUT2D eigenvalue weighted by atomic mass is 16.8. The fourth-order valence-corrected chi connectivity index (χ4v) is 3.18. The Labute approximate surface area is 174 Å². The zero-order chi connectivity index (χ0) is 22.5. The van der Waals surface area contributed by atoms with Gasteiger partial charge >= 0.3 is 11.9 Å². The van der Waals surface area contributed by atoms with Crippen molar-refractivity contribution in [1.82, 2.24) is 0 Å². The maximum absolute atomic E-state index is 12.4. The molecule has 1 aromatic carbocycles. The maximum Gasteiger partial charge on any atom is 0.342 e. The van der Waals surface area contributed by atoms with Crippen molar-refractivity contribution in [3.63, 3.8) is 0 Å². The summed E-state index contributed by atoms with van der Waals surface area (Å²) in [4.78, 5) is 35.8. The number of Topliss-reactive ketones (excluding diaryl/α,β-unsaturated/α-hetero) is 1. The van der Waals surface area contributed by atoms with Crippen molar-refractivity contribution in [3.05, 3.63) is 29.3 Å². The average molecular weight is 424 g/mol. The molecule has 1 aliphatic heterocycles. The van der Waals surface area contributed by atoms with E-state index in [0.29, 0.717) is 6.42 Å². The molecule has 1 aliphatic rings. The number of esters is 2. The number of aromatic hydroxyl groups is 1. The van der Waals surface area contributed by atoms with Gasteiger partial charge in [0.25, 0.3) is 0 Å². The van der Waals surface area contributed by atoms with Crippen molar-refractivity contribution in [2.24, 2.45) is 0 Å². The number of aliphatic hydroxyl groups excluding tert-OH is 1. The Morgan fingerprint density at radius 2 is 1.87 bits per heavy atom. The second-order valence-corrected chi connectivity index (χ2v) is 7.46. The third-order valence-corrected chi connectivity index (χ3v) is 4.52. The smallest absolute Gasteiger partial charge is 0.342 e. The van der Waals surface area contributed by atoms with E-state index in [9.17, 15) is 24.6 Å². The highest BCUT2D eigenvalue weighted by Gasteiger charge is 2.47. The van der Waals surface area contributed by atoms with Crippen LogP contribution in [0.1, 0.15) is 61.3 Å². The van der Waals surface area contributed by atoms with Gasteiger partial charge < -0.3 is 29.2 Å². The number of hydrogen-bond donors (Lipinski definition) is 2. The molecule has 0 saturated carbocycles. The lowest BCUT2D eigenvalue weighted by atomic mass is 10.1. The summed E-state index contributed by atoms with van der Waals surface area (Å²) >= 11 is 0. The number of ketones is 1. The van der Waals surface area contributed by atoms with E-state index in [4.69, 9.17) is 18.9 Å². The van der Waals surface area contributed by atoms with E-state index in [-0.39, 0.29) is 24.2 Å². The minimum atomic E-state index is -1.05. The number of phenols is 1. The first-order chi connectivity index (χ1) is 14.1. The molecule has 0 aliphatic carbocycles. The van der Waals surface area contributed by atoms with E-state index in [1.165, 1.54) is 25.1 Å². The van der Waals surface area contributed by atoms with Crippen molar-refractivity contribution in [1.29, 1.82) is 0 Å². The molecule has 9 nitrogen and oxygen atoms in total. The predicted octanol–water partition coefficient (Wildman–Crippen LogP) is 1.98. The minimum Gasteiger partial charge on any atom is -0.506 e. The molecule has 2 rings (SSSR count). The number of hydrogen-bond acceptors (Lipinski definition) is 9. The van der Waals surface area contributed by atoms with Gasteiger partial charge in [-0.2, -0.15) is 0 Å². The summed E-state index contributed by atoms with van der Waals surface area (Å²) in [6, 6.07) is 4.20. The Morgan fingerprint density at radius 3 is 2.47 bits per heavy atom. The molecule has 1 heterocycles. The second kappa shape index (κ2) is 10.0. The van der Waals surface area contributed by atoms with Gasteiger partial charge in [-0.15, -0.1) is 0 Å². The molecule has 30 heavy (non-hydrogen) atoms. The fourth-order valence-electron chi connectivity index (χ4n) is 3.18.